The second kappa shape index (κ2) is 5.85. The molecule has 0 aromatic carbocycles. The number of nitrogens with zero attached hydrogens (tertiary/aromatic N) is 1. The number of ether oxygens (including phenoxy) is 1. The van der Waals surface area contributed by atoms with Gasteiger partial charge in [-0.1, -0.05) is 20.3 Å². The molecule has 0 N–H and O–H groups in total. The molecule has 0 bridgehead atoms. The summed E-state index contributed by atoms with van der Waals surface area (Å²) in [6, 6.07) is -0.0109. The summed E-state index contributed by atoms with van der Waals surface area (Å²) in [7, 11) is 0. The molecule has 1 saturated heterocycles. The van der Waals surface area contributed by atoms with Crippen LogP contribution in [0.4, 0.5) is 0 Å². The first-order chi connectivity index (χ1) is 7.83. The largest absolute Gasteiger partial charge is 0.459 e. The van der Waals surface area contributed by atoms with E-state index in [0.717, 1.165) is 32.4 Å². The fraction of sp³-hybridized carbons (Fsp3) is 0.929. The monoisotopic (exact) mass is 241 g/mol. The first-order valence-electron chi connectivity index (χ1n) is 6.80. The van der Waals surface area contributed by atoms with Crippen LogP contribution in [0.5, 0.6) is 0 Å². The molecule has 1 unspecified atom stereocenters. The van der Waals surface area contributed by atoms with Crippen molar-refractivity contribution in [2.75, 3.05) is 13.1 Å². The van der Waals surface area contributed by atoms with Gasteiger partial charge in [-0.2, -0.15) is 0 Å². The molecule has 1 rings (SSSR count). The zero-order valence-electron chi connectivity index (χ0n) is 12.0. The molecule has 0 aliphatic carbocycles. The summed E-state index contributed by atoms with van der Waals surface area (Å²) in [6.07, 6.45) is 3.23. The van der Waals surface area contributed by atoms with E-state index in [1.165, 1.54) is 0 Å². The summed E-state index contributed by atoms with van der Waals surface area (Å²) < 4.78 is 5.49. The maximum Gasteiger partial charge on any atom is 0.323 e. The summed E-state index contributed by atoms with van der Waals surface area (Å²) in [4.78, 5) is 14.4. The van der Waals surface area contributed by atoms with E-state index in [0.29, 0.717) is 5.92 Å². The highest BCUT2D eigenvalue weighted by atomic mass is 16.6. The summed E-state index contributed by atoms with van der Waals surface area (Å²) >= 11 is 0. The molecule has 0 amide bonds. The Morgan fingerprint density at radius 2 is 2.12 bits per heavy atom. The van der Waals surface area contributed by atoms with Crippen molar-refractivity contribution in [2.45, 2.75) is 65.5 Å². The van der Waals surface area contributed by atoms with Gasteiger partial charge in [0.2, 0.25) is 0 Å². The first-order valence-corrected chi connectivity index (χ1v) is 6.80. The van der Waals surface area contributed by atoms with Crippen LogP contribution in [0.15, 0.2) is 0 Å². The van der Waals surface area contributed by atoms with Gasteiger partial charge in [-0.05, 0) is 46.1 Å². The van der Waals surface area contributed by atoms with Crippen molar-refractivity contribution in [1.82, 2.24) is 4.90 Å². The summed E-state index contributed by atoms with van der Waals surface area (Å²) in [5, 5.41) is 0. The summed E-state index contributed by atoms with van der Waals surface area (Å²) in [6.45, 7) is 12.3. The quantitative estimate of drug-likeness (QED) is 0.709. The summed E-state index contributed by atoms with van der Waals surface area (Å²) in [5.41, 5.74) is -0.373. The Labute approximate surface area is 106 Å². The van der Waals surface area contributed by atoms with Gasteiger partial charge in [0, 0.05) is 6.54 Å². The lowest BCUT2D eigenvalue weighted by atomic mass is 10.1. The lowest BCUT2D eigenvalue weighted by Crippen LogP contribution is -2.42. The van der Waals surface area contributed by atoms with Gasteiger partial charge in [0.1, 0.15) is 11.6 Å². The third-order valence-electron chi connectivity index (χ3n) is 3.29. The molecule has 17 heavy (non-hydrogen) atoms. The molecule has 0 aromatic rings. The molecule has 1 fully saturated rings. The van der Waals surface area contributed by atoms with Crippen LogP contribution in [-0.4, -0.2) is 35.6 Å². The van der Waals surface area contributed by atoms with Crippen molar-refractivity contribution in [2.24, 2.45) is 5.92 Å². The van der Waals surface area contributed by atoms with E-state index >= 15 is 0 Å². The fourth-order valence-electron chi connectivity index (χ4n) is 2.21. The van der Waals surface area contributed by atoms with Gasteiger partial charge in [0.05, 0.1) is 0 Å². The van der Waals surface area contributed by atoms with E-state index in [1.807, 2.05) is 20.8 Å². The second-order valence-corrected chi connectivity index (χ2v) is 6.20. The van der Waals surface area contributed by atoms with Gasteiger partial charge in [-0.25, -0.2) is 0 Å². The molecule has 0 radical (unpaired) electrons. The van der Waals surface area contributed by atoms with Crippen molar-refractivity contribution in [1.29, 1.82) is 0 Å². The molecular formula is C14H27NO2. The Kier molecular flexibility index (Phi) is 4.99. The number of hydrogen-bond donors (Lipinski definition) is 0. The predicted molar refractivity (Wildman–Crippen MR) is 69.9 cm³/mol. The topological polar surface area (TPSA) is 29.5 Å². The van der Waals surface area contributed by atoms with Gasteiger partial charge >= 0.3 is 5.97 Å². The Hall–Kier alpha value is -0.570. The number of carbonyl (C=O) groups excluding carboxylic acids is 1. The zero-order chi connectivity index (χ0) is 13.1. The van der Waals surface area contributed by atoms with E-state index in [2.05, 4.69) is 18.7 Å². The second-order valence-electron chi connectivity index (χ2n) is 6.20. The normalized spacial score (nSPS) is 23.7. The maximum absolute atomic E-state index is 12.1. The van der Waals surface area contributed by atoms with E-state index in [4.69, 9.17) is 4.74 Å². The zero-order valence-corrected chi connectivity index (χ0v) is 12.0. The first kappa shape index (κ1) is 14.5. The molecule has 0 aromatic heterocycles. The SMILES string of the molecule is CCC(C)CN1CCC[C@H]1C(=O)OC(C)(C)C. The van der Waals surface area contributed by atoms with Crippen LogP contribution in [0.1, 0.15) is 53.9 Å². The minimum absolute atomic E-state index is 0.0109. The van der Waals surface area contributed by atoms with Gasteiger partial charge in [-0.3, -0.25) is 9.69 Å². The molecule has 0 spiro atoms. The average Bonchev–Trinajstić information content (AvgIpc) is 2.63. The highest BCUT2D eigenvalue weighted by molar-refractivity contribution is 5.76. The van der Waals surface area contributed by atoms with Gasteiger partial charge < -0.3 is 4.74 Å². The van der Waals surface area contributed by atoms with Gasteiger partial charge in [0.25, 0.3) is 0 Å². The molecule has 3 nitrogen and oxygen atoms in total. The third-order valence-corrected chi connectivity index (χ3v) is 3.29. The molecule has 2 atom stereocenters. The molecule has 1 aliphatic rings. The highest BCUT2D eigenvalue weighted by Crippen LogP contribution is 2.22. The van der Waals surface area contributed by atoms with Gasteiger partial charge in [-0.15, -0.1) is 0 Å². The van der Waals surface area contributed by atoms with Crippen LogP contribution in [0.3, 0.4) is 0 Å². The molecule has 100 valence electrons. The van der Waals surface area contributed by atoms with Crippen molar-refractivity contribution < 1.29 is 9.53 Å². The number of carbonyl (C=O) groups is 1. The van der Waals surface area contributed by atoms with Crippen molar-refractivity contribution in [3.05, 3.63) is 0 Å². The van der Waals surface area contributed by atoms with Crippen molar-refractivity contribution in [3.8, 4) is 0 Å². The minimum Gasteiger partial charge on any atom is -0.459 e. The lowest BCUT2D eigenvalue weighted by molar-refractivity contribution is -0.160. The van der Waals surface area contributed by atoms with Crippen molar-refractivity contribution in [3.63, 3.8) is 0 Å². The van der Waals surface area contributed by atoms with Crippen LogP contribution in [0.25, 0.3) is 0 Å². The fourth-order valence-corrected chi connectivity index (χ4v) is 2.21. The highest BCUT2D eigenvalue weighted by Gasteiger charge is 2.34. The number of likely N-dealkylation sites (tertiary alicyclic amines) is 1. The Bertz CT molecular complexity index is 257. The van der Waals surface area contributed by atoms with E-state index < -0.39 is 0 Å². The van der Waals surface area contributed by atoms with E-state index in [-0.39, 0.29) is 17.6 Å². The van der Waals surface area contributed by atoms with Gasteiger partial charge in [0.15, 0.2) is 0 Å². The Morgan fingerprint density at radius 1 is 1.47 bits per heavy atom. The third kappa shape index (κ3) is 4.66. The van der Waals surface area contributed by atoms with Crippen molar-refractivity contribution >= 4 is 5.97 Å². The number of esters is 1. The summed E-state index contributed by atoms with van der Waals surface area (Å²) in [5.74, 6) is 0.608. The van der Waals surface area contributed by atoms with E-state index in [1.54, 1.807) is 0 Å². The minimum atomic E-state index is -0.373. The maximum atomic E-state index is 12.1. The molecular weight excluding hydrogens is 214 g/mol. The van der Waals surface area contributed by atoms with Crippen LogP contribution in [0.2, 0.25) is 0 Å². The number of hydrogen-bond acceptors (Lipinski definition) is 3. The molecule has 1 aliphatic heterocycles. The predicted octanol–water partition coefficient (Wildman–Crippen LogP) is 2.84. The smallest absolute Gasteiger partial charge is 0.323 e. The van der Waals surface area contributed by atoms with Crippen LogP contribution >= 0.6 is 0 Å². The molecule has 3 heteroatoms. The lowest BCUT2D eigenvalue weighted by Gasteiger charge is -2.28. The van der Waals surface area contributed by atoms with Crippen LogP contribution < -0.4 is 0 Å². The molecule has 1 heterocycles. The molecule has 0 saturated carbocycles. The van der Waals surface area contributed by atoms with Crippen LogP contribution in [-0.2, 0) is 9.53 Å². The van der Waals surface area contributed by atoms with Crippen LogP contribution in [0, 0.1) is 5.92 Å². The Balaban J connectivity index is 2.54. The van der Waals surface area contributed by atoms with E-state index in [9.17, 15) is 4.79 Å². The standard InChI is InChI=1S/C14H27NO2/c1-6-11(2)10-15-9-7-8-12(15)13(16)17-14(3,4)5/h11-12H,6-10H2,1-5H3/t11?,12-/m0/s1. The average molecular weight is 241 g/mol. The Morgan fingerprint density at radius 3 is 2.65 bits per heavy atom. The number of rotatable bonds is 4.